The van der Waals surface area contributed by atoms with Crippen LogP contribution in [0.2, 0.25) is 0 Å². The van der Waals surface area contributed by atoms with Gasteiger partial charge in [-0.1, -0.05) is 6.07 Å². The zero-order valence-corrected chi connectivity index (χ0v) is 7.72. The first-order valence-corrected chi connectivity index (χ1v) is 4.21. The van der Waals surface area contributed by atoms with Gasteiger partial charge in [0.2, 0.25) is 5.91 Å². The number of pyridine rings is 1. The summed E-state index contributed by atoms with van der Waals surface area (Å²) in [4.78, 5) is 14.5. The Kier molecular flexibility index (Phi) is 4.03. The van der Waals surface area contributed by atoms with E-state index in [0.29, 0.717) is 6.61 Å². The number of aromatic nitrogens is 1. The van der Waals surface area contributed by atoms with E-state index in [4.69, 9.17) is 16.2 Å². The second kappa shape index (κ2) is 5.31. The fraction of sp³-hybridized carbons (Fsp3) is 0.333. The molecule has 76 valence electrons. The van der Waals surface area contributed by atoms with Crippen LogP contribution in [-0.2, 0) is 16.1 Å². The van der Waals surface area contributed by atoms with Crippen molar-refractivity contribution in [2.75, 3.05) is 6.61 Å². The second-order valence-electron chi connectivity index (χ2n) is 2.89. The third kappa shape index (κ3) is 3.51. The average Bonchev–Trinajstić information content (AvgIpc) is 2.19. The molecule has 1 aromatic heterocycles. The number of hydrogen-bond acceptors (Lipinski definition) is 4. The molecule has 0 aromatic carbocycles. The molecule has 0 aliphatic carbocycles. The fourth-order valence-corrected chi connectivity index (χ4v) is 0.869. The summed E-state index contributed by atoms with van der Waals surface area (Å²) in [5.41, 5.74) is 11.3. The summed E-state index contributed by atoms with van der Waals surface area (Å²) in [5.74, 6) is -0.559. The van der Waals surface area contributed by atoms with Crippen molar-refractivity contribution in [3.05, 3.63) is 30.1 Å². The molecule has 0 aliphatic rings. The van der Waals surface area contributed by atoms with Gasteiger partial charge in [0.05, 0.1) is 13.2 Å². The lowest BCUT2D eigenvalue weighted by Gasteiger charge is -2.07. The number of primary amides is 1. The summed E-state index contributed by atoms with van der Waals surface area (Å²) in [5, 5.41) is 0. The van der Waals surface area contributed by atoms with Crippen molar-refractivity contribution in [3.63, 3.8) is 0 Å². The molecule has 1 unspecified atom stereocenters. The first-order chi connectivity index (χ1) is 6.70. The van der Waals surface area contributed by atoms with Crippen molar-refractivity contribution in [3.8, 4) is 0 Å². The van der Waals surface area contributed by atoms with Gasteiger partial charge in [0.1, 0.15) is 6.04 Å². The monoisotopic (exact) mass is 195 g/mol. The Morgan fingerprint density at radius 3 is 3.00 bits per heavy atom. The minimum Gasteiger partial charge on any atom is -0.375 e. The largest absolute Gasteiger partial charge is 0.375 e. The number of amides is 1. The van der Waals surface area contributed by atoms with E-state index >= 15 is 0 Å². The van der Waals surface area contributed by atoms with Crippen LogP contribution >= 0.6 is 0 Å². The van der Waals surface area contributed by atoms with E-state index in [-0.39, 0.29) is 6.61 Å². The summed E-state index contributed by atoms with van der Waals surface area (Å²) in [6.07, 6.45) is 3.37. The van der Waals surface area contributed by atoms with Gasteiger partial charge in [0.15, 0.2) is 0 Å². The van der Waals surface area contributed by atoms with Crippen molar-refractivity contribution in [2.24, 2.45) is 11.5 Å². The molecule has 4 N–H and O–H groups in total. The second-order valence-corrected chi connectivity index (χ2v) is 2.89. The van der Waals surface area contributed by atoms with E-state index in [0.717, 1.165) is 5.56 Å². The third-order valence-corrected chi connectivity index (χ3v) is 1.65. The van der Waals surface area contributed by atoms with E-state index in [1.54, 1.807) is 12.4 Å². The lowest BCUT2D eigenvalue weighted by molar-refractivity contribution is -0.120. The lowest BCUT2D eigenvalue weighted by Crippen LogP contribution is -2.40. The van der Waals surface area contributed by atoms with E-state index in [1.165, 1.54) is 0 Å². The number of nitrogens with zero attached hydrogens (tertiary/aromatic N) is 1. The minimum absolute atomic E-state index is 0.129. The smallest absolute Gasteiger partial charge is 0.236 e. The summed E-state index contributed by atoms with van der Waals surface area (Å²) in [6, 6.07) is 2.95. The van der Waals surface area contributed by atoms with E-state index in [2.05, 4.69) is 4.98 Å². The molecular weight excluding hydrogens is 182 g/mol. The van der Waals surface area contributed by atoms with Crippen LogP contribution in [0.25, 0.3) is 0 Å². The molecule has 1 rings (SSSR count). The highest BCUT2D eigenvalue weighted by Crippen LogP contribution is 1.98. The lowest BCUT2D eigenvalue weighted by atomic mass is 10.3. The topological polar surface area (TPSA) is 91.2 Å². The number of carbonyl (C=O) groups is 1. The van der Waals surface area contributed by atoms with Crippen molar-refractivity contribution in [1.82, 2.24) is 4.98 Å². The van der Waals surface area contributed by atoms with E-state index < -0.39 is 11.9 Å². The van der Waals surface area contributed by atoms with Gasteiger partial charge in [-0.2, -0.15) is 0 Å². The highest BCUT2D eigenvalue weighted by molar-refractivity contribution is 5.79. The zero-order chi connectivity index (χ0) is 10.4. The highest BCUT2D eigenvalue weighted by atomic mass is 16.5. The normalized spacial score (nSPS) is 12.4. The predicted molar refractivity (Wildman–Crippen MR) is 51.1 cm³/mol. The molecule has 5 nitrogen and oxygen atoms in total. The molecule has 1 aromatic rings. The van der Waals surface area contributed by atoms with E-state index in [1.807, 2.05) is 12.1 Å². The summed E-state index contributed by atoms with van der Waals surface area (Å²) in [7, 11) is 0. The maximum Gasteiger partial charge on any atom is 0.236 e. The van der Waals surface area contributed by atoms with Crippen LogP contribution in [0.5, 0.6) is 0 Å². The summed E-state index contributed by atoms with van der Waals surface area (Å²) < 4.78 is 5.18. The van der Waals surface area contributed by atoms with Crippen molar-refractivity contribution >= 4 is 5.91 Å². The minimum atomic E-state index is -0.744. The Morgan fingerprint density at radius 1 is 1.64 bits per heavy atom. The Hall–Kier alpha value is -1.46. The van der Waals surface area contributed by atoms with Crippen LogP contribution in [0.4, 0.5) is 0 Å². The van der Waals surface area contributed by atoms with Crippen molar-refractivity contribution in [2.45, 2.75) is 12.6 Å². The molecule has 1 atom stereocenters. The van der Waals surface area contributed by atoms with Crippen LogP contribution in [0.3, 0.4) is 0 Å². The number of nitrogens with two attached hydrogens (primary N) is 2. The fourth-order valence-electron chi connectivity index (χ4n) is 0.869. The molecule has 0 saturated heterocycles. The van der Waals surface area contributed by atoms with Gasteiger partial charge >= 0.3 is 0 Å². The molecule has 14 heavy (non-hydrogen) atoms. The predicted octanol–water partition coefficient (Wildman–Crippen LogP) is -0.589. The van der Waals surface area contributed by atoms with Gasteiger partial charge in [0, 0.05) is 12.4 Å². The average molecular weight is 195 g/mol. The number of rotatable bonds is 5. The van der Waals surface area contributed by atoms with Gasteiger partial charge in [-0.3, -0.25) is 9.78 Å². The zero-order valence-electron chi connectivity index (χ0n) is 7.72. The number of ether oxygens (including phenoxy) is 1. The maximum atomic E-state index is 10.5. The highest BCUT2D eigenvalue weighted by Gasteiger charge is 2.08. The molecule has 0 bridgehead atoms. The van der Waals surface area contributed by atoms with Gasteiger partial charge in [-0.15, -0.1) is 0 Å². The molecule has 1 heterocycles. The van der Waals surface area contributed by atoms with Gasteiger partial charge in [0.25, 0.3) is 0 Å². The maximum absolute atomic E-state index is 10.5. The summed E-state index contributed by atoms with van der Waals surface area (Å²) in [6.45, 7) is 0.513. The standard InChI is InChI=1S/C9H13N3O2/c10-8(9(11)13)6-14-5-7-2-1-3-12-4-7/h1-4,8H,5-6,10H2,(H2,11,13). The van der Waals surface area contributed by atoms with Crippen molar-refractivity contribution in [1.29, 1.82) is 0 Å². The molecule has 0 saturated carbocycles. The van der Waals surface area contributed by atoms with Crippen LogP contribution in [0.1, 0.15) is 5.56 Å². The molecule has 0 fully saturated rings. The van der Waals surface area contributed by atoms with Gasteiger partial charge in [-0.25, -0.2) is 0 Å². The first kappa shape index (κ1) is 10.6. The molecule has 1 amide bonds. The Bertz CT molecular complexity index is 289. The third-order valence-electron chi connectivity index (χ3n) is 1.65. The Balaban J connectivity index is 2.26. The Morgan fingerprint density at radius 2 is 2.43 bits per heavy atom. The van der Waals surface area contributed by atoms with Gasteiger partial charge < -0.3 is 16.2 Å². The Labute approximate surface area is 82.1 Å². The first-order valence-electron chi connectivity index (χ1n) is 4.21. The van der Waals surface area contributed by atoms with Crippen molar-refractivity contribution < 1.29 is 9.53 Å². The van der Waals surface area contributed by atoms with Crippen LogP contribution in [-0.4, -0.2) is 23.5 Å². The molecule has 5 heteroatoms. The van der Waals surface area contributed by atoms with Crippen LogP contribution < -0.4 is 11.5 Å². The van der Waals surface area contributed by atoms with Crippen LogP contribution in [0, 0.1) is 0 Å². The number of hydrogen-bond donors (Lipinski definition) is 2. The van der Waals surface area contributed by atoms with Gasteiger partial charge in [-0.05, 0) is 11.6 Å². The molecule has 0 radical (unpaired) electrons. The molecule has 0 aliphatic heterocycles. The number of carbonyl (C=O) groups excluding carboxylic acids is 1. The van der Waals surface area contributed by atoms with Crippen LogP contribution in [0.15, 0.2) is 24.5 Å². The molecular formula is C9H13N3O2. The quantitative estimate of drug-likeness (QED) is 0.657. The van der Waals surface area contributed by atoms with E-state index in [9.17, 15) is 4.79 Å². The molecule has 0 spiro atoms. The summed E-state index contributed by atoms with van der Waals surface area (Å²) >= 11 is 0. The SMILES string of the molecule is NC(=O)C(N)COCc1cccnc1.